The molecule has 1 aromatic carbocycles. The molecule has 1 heterocycles. The van der Waals surface area contributed by atoms with Gasteiger partial charge in [-0.25, -0.2) is 4.79 Å². The van der Waals surface area contributed by atoms with Gasteiger partial charge in [0, 0.05) is 18.9 Å². The third-order valence-electron chi connectivity index (χ3n) is 5.27. The van der Waals surface area contributed by atoms with Crippen molar-refractivity contribution >= 4 is 29.4 Å². The largest absolute Gasteiger partial charge is 0.449 e. The standard InChI is InChI=1S/C21H26N2O5/c1-14(20(26)22-16-6-4-2-3-5-7-16)28-21(27)15-8-10-17(11-9-15)23-18(24)12-13-19(23)25/h8-11,14,16H,2-7,12-13H2,1H3,(H,22,26)/t14-/m1/s1. The van der Waals surface area contributed by atoms with Crippen LogP contribution in [0, 0.1) is 0 Å². The van der Waals surface area contributed by atoms with Gasteiger partial charge in [-0.15, -0.1) is 0 Å². The maximum atomic E-state index is 12.3. The molecule has 1 aliphatic heterocycles. The van der Waals surface area contributed by atoms with E-state index in [1.165, 1.54) is 37.1 Å². The molecule has 7 nitrogen and oxygen atoms in total. The summed E-state index contributed by atoms with van der Waals surface area (Å²) < 4.78 is 5.28. The number of hydrogen-bond acceptors (Lipinski definition) is 5. The summed E-state index contributed by atoms with van der Waals surface area (Å²) in [4.78, 5) is 49.3. The fourth-order valence-corrected chi connectivity index (χ4v) is 3.64. The van der Waals surface area contributed by atoms with Gasteiger partial charge >= 0.3 is 5.97 Å². The first-order valence-corrected chi connectivity index (χ1v) is 9.93. The Morgan fingerprint density at radius 2 is 1.57 bits per heavy atom. The summed E-state index contributed by atoms with van der Waals surface area (Å²) in [6, 6.07) is 6.20. The van der Waals surface area contributed by atoms with E-state index in [0.29, 0.717) is 5.69 Å². The second-order valence-electron chi connectivity index (χ2n) is 7.41. The zero-order valence-electron chi connectivity index (χ0n) is 16.1. The molecule has 1 saturated carbocycles. The van der Waals surface area contributed by atoms with E-state index in [-0.39, 0.29) is 42.2 Å². The van der Waals surface area contributed by atoms with Gasteiger partial charge in [-0.3, -0.25) is 19.3 Å². The molecule has 2 aliphatic rings. The Bertz CT molecular complexity index is 735. The molecule has 1 atom stereocenters. The number of ether oxygens (including phenoxy) is 1. The number of imide groups is 1. The number of hydrogen-bond donors (Lipinski definition) is 1. The highest BCUT2D eigenvalue weighted by atomic mass is 16.5. The lowest BCUT2D eigenvalue weighted by atomic mass is 10.1. The number of anilines is 1. The summed E-state index contributed by atoms with van der Waals surface area (Å²) in [7, 11) is 0. The third kappa shape index (κ3) is 4.77. The van der Waals surface area contributed by atoms with E-state index in [9.17, 15) is 19.2 Å². The number of nitrogens with zero attached hydrogens (tertiary/aromatic N) is 1. The van der Waals surface area contributed by atoms with Gasteiger partial charge in [0.2, 0.25) is 11.8 Å². The summed E-state index contributed by atoms with van der Waals surface area (Å²) in [6.07, 6.45) is 6.04. The van der Waals surface area contributed by atoms with Crippen molar-refractivity contribution in [1.29, 1.82) is 0 Å². The van der Waals surface area contributed by atoms with Crippen molar-refractivity contribution < 1.29 is 23.9 Å². The molecule has 1 aromatic rings. The van der Waals surface area contributed by atoms with Crippen molar-refractivity contribution in [2.45, 2.75) is 70.4 Å². The van der Waals surface area contributed by atoms with Crippen LogP contribution < -0.4 is 10.2 Å². The molecule has 0 spiro atoms. The zero-order valence-corrected chi connectivity index (χ0v) is 16.1. The Kier molecular flexibility index (Phi) is 6.44. The second kappa shape index (κ2) is 8.99. The number of esters is 1. The maximum Gasteiger partial charge on any atom is 0.338 e. The molecule has 3 amide bonds. The minimum atomic E-state index is -0.892. The smallest absolute Gasteiger partial charge is 0.338 e. The lowest BCUT2D eigenvalue weighted by molar-refractivity contribution is -0.130. The van der Waals surface area contributed by atoms with E-state index in [0.717, 1.165) is 30.6 Å². The zero-order chi connectivity index (χ0) is 20.1. The second-order valence-corrected chi connectivity index (χ2v) is 7.41. The predicted molar refractivity (Wildman–Crippen MR) is 103 cm³/mol. The van der Waals surface area contributed by atoms with Crippen molar-refractivity contribution in [3.8, 4) is 0 Å². The van der Waals surface area contributed by atoms with E-state index >= 15 is 0 Å². The highest BCUT2D eigenvalue weighted by Gasteiger charge is 2.30. The molecule has 0 bridgehead atoms. The quantitative estimate of drug-likeness (QED) is 0.477. The van der Waals surface area contributed by atoms with Gasteiger partial charge < -0.3 is 10.1 Å². The number of rotatable bonds is 5. The van der Waals surface area contributed by atoms with Crippen LogP contribution in [0.5, 0.6) is 0 Å². The van der Waals surface area contributed by atoms with Gasteiger partial charge in [-0.05, 0) is 44.0 Å². The van der Waals surface area contributed by atoms with E-state index in [4.69, 9.17) is 4.74 Å². The molecule has 150 valence electrons. The number of carbonyl (C=O) groups is 4. The molecule has 0 aromatic heterocycles. The van der Waals surface area contributed by atoms with Crippen LogP contribution in [-0.2, 0) is 19.1 Å². The van der Waals surface area contributed by atoms with Crippen LogP contribution in [0.4, 0.5) is 5.69 Å². The summed E-state index contributed by atoms with van der Waals surface area (Å²) in [5, 5.41) is 2.97. The summed E-state index contributed by atoms with van der Waals surface area (Å²) >= 11 is 0. The van der Waals surface area contributed by atoms with Crippen molar-refractivity contribution in [3.05, 3.63) is 29.8 Å². The third-order valence-corrected chi connectivity index (χ3v) is 5.27. The fourth-order valence-electron chi connectivity index (χ4n) is 3.64. The van der Waals surface area contributed by atoms with Gasteiger partial charge in [0.1, 0.15) is 0 Å². The first-order valence-electron chi connectivity index (χ1n) is 9.93. The molecule has 1 saturated heterocycles. The topological polar surface area (TPSA) is 92.8 Å². The van der Waals surface area contributed by atoms with Crippen molar-refractivity contribution in [1.82, 2.24) is 5.32 Å². The van der Waals surface area contributed by atoms with Crippen LogP contribution in [0.1, 0.15) is 68.6 Å². The number of carbonyl (C=O) groups excluding carboxylic acids is 4. The molecule has 0 radical (unpaired) electrons. The summed E-state index contributed by atoms with van der Waals surface area (Å²) in [5.74, 6) is -1.40. The van der Waals surface area contributed by atoms with Crippen molar-refractivity contribution in [2.75, 3.05) is 4.90 Å². The van der Waals surface area contributed by atoms with Gasteiger partial charge in [-0.2, -0.15) is 0 Å². The number of amides is 3. The highest BCUT2D eigenvalue weighted by Crippen LogP contribution is 2.23. The summed E-state index contributed by atoms with van der Waals surface area (Å²) in [6.45, 7) is 1.56. The molecule has 2 fully saturated rings. The molecule has 1 aliphatic carbocycles. The molecule has 28 heavy (non-hydrogen) atoms. The number of nitrogens with one attached hydrogen (secondary N) is 1. The maximum absolute atomic E-state index is 12.3. The minimum Gasteiger partial charge on any atom is -0.449 e. The molecular weight excluding hydrogens is 360 g/mol. The Balaban J connectivity index is 1.55. The van der Waals surface area contributed by atoms with E-state index in [1.807, 2.05) is 0 Å². The van der Waals surface area contributed by atoms with Crippen LogP contribution >= 0.6 is 0 Å². The van der Waals surface area contributed by atoms with Crippen LogP contribution in [0.2, 0.25) is 0 Å². The fraction of sp³-hybridized carbons (Fsp3) is 0.524. The minimum absolute atomic E-state index is 0.144. The highest BCUT2D eigenvalue weighted by molar-refractivity contribution is 6.19. The van der Waals surface area contributed by atoms with Crippen molar-refractivity contribution in [3.63, 3.8) is 0 Å². The lowest BCUT2D eigenvalue weighted by Crippen LogP contribution is -2.41. The Morgan fingerprint density at radius 3 is 2.14 bits per heavy atom. The molecule has 3 rings (SSSR count). The van der Waals surface area contributed by atoms with Gasteiger partial charge in [0.25, 0.3) is 5.91 Å². The predicted octanol–water partition coefficient (Wildman–Crippen LogP) is 2.72. The Labute approximate surface area is 164 Å². The van der Waals surface area contributed by atoms with Gasteiger partial charge in [0.05, 0.1) is 11.3 Å². The molecule has 1 N–H and O–H groups in total. The molecular formula is C21H26N2O5. The first-order chi connectivity index (χ1) is 13.5. The number of benzene rings is 1. The van der Waals surface area contributed by atoms with Crippen LogP contribution in [-0.4, -0.2) is 35.8 Å². The van der Waals surface area contributed by atoms with Crippen LogP contribution in [0.3, 0.4) is 0 Å². The average molecular weight is 386 g/mol. The monoisotopic (exact) mass is 386 g/mol. The normalized spacial score (nSPS) is 19.2. The SMILES string of the molecule is C[C@@H](OC(=O)c1ccc(N2C(=O)CCC2=O)cc1)C(=O)NC1CCCCCC1. The van der Waals surface area contributed by atoms with E-state index < -0.39 is 12.1 Å². The van der Waals surface area contributed by atoms with E-state index in [2.05, 4.69) is 5.32 Å². The summed E-state index contributed by atoms with van der Waals surface area (Å²) in [5.41, 5.74) is 0.695. The molecule has 0 unspecified atom stereocenters. The van der Waals surface area contributed by atoms with Crippen LogP contribution in [0.15, 0.2) is 24.3 Å². The van der Waals surface area contributed by atoms with Gasteiger partial charge in [-0.1, -0.05) is 25.7 Å². The Hall–Kier alpha value is -2.70. The van der Waals surface area contributed by atoms with Crippen molar-refractivity contribution in [2.24, 2.45) is 0 Å². The Morgan fingerprint density at radius 1 is 1.00 bits per heavy atom. The molecule has 7 heteroatoms. The average Bonchev–Trinajstić information content (AvgIpc) is 2.86. The first kappa shape index (κ1) is 20.0. The van der Waals surface area contributed by atoms with Gasteiger partial charge in [0.15, 0.2) is 6.10 Å². The van der Waals surface area contributed by atoms with Crippen LogP contribution in [0.25, 0.3) is 0 Å². The van der Waals surface area contributed by atoms with E-state index in [1.54, 1.807) is 6.92 Å². The lowest BCUT2D eigenvalue weighted by Gasteiger charge is -2.20.